The fourth-order valence-corrected chi connectivity index (χ4v) is 3.64. The number of nitrogens with zero attached hydrogens (tertiary/aromatic N) is 1. The summed E-state index contributed by atoms with van der Waals surface area (Å²) >= 11 is 0. The van der Waals surface area contributed by atoms with Crippen LogP contribution in [0.2, 0.25) is 0 Å². The van der Waals surface area contributed by atoms with E-state index in [1.54, 1.807) is 24.3 Å². The van der Waals surface area contributed by atoms with Gasteiger partial charge in [-0.2, -0.15) is 0 Å². The second kappa shape index (κ2) is 8.57. The van der Waals surface area contributed by atoms with Gasteiger partial charge in [0.2, 0.25) is 10.0 Å². The van der Waals surface area contributed by atoms with Crippen molar-refractivity contribution in [2.75, 3.05) is 10.6 Å². The van der Waals surface area contributed by atoms with Crippen LogP contribution in [0, 0.1) is 13.8 Å². The van der Waals surface area contributed by atoms with Crippen molar-refractivity contribution in [3.05, 3.63) is 64.7 Å². The second-order valence-corrected chi connectivity index (χ2v) is 8.95. The predicted octanol–water partition coefficient (Wildman–Crippen LogP) is 3.80. The van der Waals surface area contributed by atoms with Crippen molar-refractivity contribution in [2.24, 2.45) is 0 Å². The Hall–Kier alpha value is -2.34. The first kappa shape index (κ1) is 21.0. The van der Waals surface area contributed by atoms with Crippen molar-refractivity contribution < 1.29 is 13.2 Å². The summed E-state index contributed by atoms with van der Waals surface area (Å²) in [6, 6.07) is 12.9. The van der Waals surface area contributed by atoms with Gasteiger partial charge in [0.15, 0.2) is 0 Å². The molecular formula is C21H28N2O3S. The zero-order chi connectivity index (χ0) is 20.2. The van der Waals surface area contributed by atoms with Crippen molar-refractivity contribution in [1.29, 1.82) is 0 Å². The first-order chi connectivity index (χ1) is 12.6. The Bertz CT molecular complexity index is 906. The number of hydrogen-bond donors (Lipinski definition) is 1. The van der Waals surface area contributed by atoms with Crippen molar-refractivity contribution in [3.63, 3.8) is 0 Å². The summed E-state index contributed by atoms with van der Waals surface area (Å²) in [7, 11) is -3.45. The summed E-state index contributed by atoms with van der Waals surface area (Å²) in [5, 5.41) is 2.92. The van der Waals surface area contributed by atoms with Gasteiger partial charge >= 0.3 is 0 Å². The summed E-state index contributed by atoms with van der Waals surface area (Å²) < 4.78 is 26.2. The smallest absolute Gasteiger partial charge is 0.251 e. The maximum absolute atomic E-state index is 12.4. The highest BCUT2D eigenvalue weighted by molar-refractivity contribution is 7.92. The van der Waals surface area contributed by atoms with Gasteiger partial charge in [-0.25, -0.2) is 8.42 Å². The van der Waals surface area contributed by atoms with Crippen LogP contribution < -0.4 is 9.62 Å². The van der Waals surface area contributed by atoms with E-state index in [1.807, 2.05) is 45.9 Å². The number of anilines is 1. The Morgan fingerprint density at radius 2 is 1.74 bits per heavy atom. The normalized spacial score (nSPS) is 12.5. The molecule has 27 heavy (non-hydrogen) atoms. The number of amides is 1. The number of rotatable bonds is 7. The molecule has 0 radical (unpaired) electrons. The van der Waals surface area contributed by atoms with Gasteiger partial charge in [-0.15, -0.1) is 0 Å². The molecule has 1 atom stereocenters. The zero-order valence-electron chi connectivity index (χ0n) is 16.6. The molecule has 0 aliphatic carbocycles. The molecule has 1 N–H and O–H groups in total. The van der Waals surface area contributed by atoms with Crippen LogP contribution in [0.4, 0.5) is 5.69 Å². The van der Waals surface area contributed by atoms with Gasteiger partial charge < -0.3 is 5.32 Å². The number of hydrogen-bond acceptors (Lipinski definition) is 3. The van der Waals surface area contributed by atoms with Crippen LogP contribution in [0.15, 0.2) is 42.5 Å². The molecule has 1 unspecified atom stereocenters. The van der Waals surface area contributed by atoms with Crippen molar-refractivity contribution in [2.45, 2.75) is 46.7 Å². The first-order valence-electron chi connectivity index (χ1n) is 9.06. The molecule has 0 aliphatic rings. The monoisotopic (exact) mass is 388 g/mol. The van der Waals surface area contributed by atoms with E-state index in [0.29, 0.717) is 11.3 Å². The molecule has 0 aliphatic heterocycles. The Balaban J connectivity index is 2.26. The van der Waals surface area contributed by atoms with E-state index in [2.05, 4.69) is 5.32 Å². The second-order valence-electron chi connectivity index (χ2n) is 7.04. The van der Waals surface area contributed by atoms with Gasteiger partial charge in [0, 0.05) is 11.6 Å². The summed E-state index contributed by atoms with van der Waals surface area (Å²) in [6.07, 6.45) is 2.08. The molecule has 0 aromatic heterocycles. The van der Waals surface area contributed by atoms with E-state index >= 15 is 0 Å². The molecule has 0 saturated heterocycles. The molecule has 0 heterocycles. The van der Waals surface area contributed by atoms with Crippen molar-refractivity contribution >= 4 is 21.6 Å². The van der Waals surface area contributed by atoms with E-state index in [-0.39, 0.29) is 18.5 Å². The number of nitrogens with one attached hydrogen (secondary N) is 1. The van der Waals surface area contributed by atoms with Gasteiger partial charge in [0.1, 0.15) is 0 Å². The van der Waals surface area contributed by atoms with Crippen LogP contribution in [-0.2, 0) is 16.6 Å². The molecule has 146 valence electrons. The maximum Gasteiger partial charge on any atom is 0.251 e. The summed E-state index contributed by atoms with van der Waals surface area (Å²) in [6.45, 7) is 8.03. The van der Waals surface area contributed by atoms with Crippen LogP contribution in [0.1, 0.15) is 47.3 Å². The van der Waals surface area contributed by atoms with E-state index in [4.69, 9.17) is 0 Å². The van der Waals surface area contributed by atoms with Crippen LogP contribution in [-0.4, -0.2) is 26.6 Å². The number of sulfonamides is 1. The molecule has 0 fully saturated rings. The van der Waals surface area contributed by atoms with Gasteiger partial charge in [-0.3, -0.25) is 9.10 Å². The summed E-state index contributed by atoms with van der Waals surface area (Å²) in [4.78, 5) is 12.2. The summed E-state index contributed by atoms with van der Waals surface area (Å²) in [5.41, 5.74) is 3.96. The highest BCUT2D eigenvalue weighted by atomic mass is 32.2. The SMILES string of the molecule is CCC(C)NC(=O)c1ccc(CN(c2cc(C)ccc2C)S(C)(=O)=O)cc1. The van der Waals surface area contributed by atoms with Crippen molar-refractivity contribution in [1.82, 2.24) is 5.32 Å². The number of benzene rings is 2. The highest BCUT2D eigenvalue weighted by Gasteiger charge is 2.20. The molecule has 1 amide bonds. The third kappa shape index (κ3) is 5.57. The van der Waals surface area contributed by atoms with Crippen LogP contribution in [0.25, 0.3) is 0 Å². The maximum atomic E-state index is 12.4. The molecule has 2 aromatic carbocycles. The Morgan fingerprint density at radius 1 is 1.11 bits per heavy atom. The standard InChI is InChI=1S/C21H28N2O3S/c1-6-17(4)22-21(24)19-11-9-18(10-12-19)14-23(27(5,25)26)20-13-15(2)7-8-16(20)3/h7-13,17H,6,14H2,1-5H3,(H,22,24). The molecule has 6 heteroatoms. The van der Waals surface area contributed by atoms with Gasteiger partial charge in [-0.05, 0) is 62.1 Å². The predicted molar refractivity (Wildman–Crippen MR) is 111 cm³/mol. The van der Waals surface area contributed by atoms with E-state index in [9.17, 15) is 13.2 Å². The minimum absolute atomic E-state index is 0.113. The molecule has 2 rings (SSSR count). The minimum Gasteiger partial charge on any atom is -0.350 e. The van der Waals surface area contributed by atoms with Crippen molar-refractivity contribution in [3.8, 4) is 0 Å². The van der Waals surface area contributed by atoms with Gasteiger partial charge in [0.25, 0.3) is 5.91 Å². The lowest BCUT2D eigenvalue weighted by Gasteiger charge is -2.25. The lowest BCUT2D eigenvalue weighted by molar-refractivity contribution is 0.0939. The zero-order valence-corrected chi connectivity index (χ0v) is 17.4. The van der Waals surface area contributed by atoms with Crippen LogP contribution >= 0.6 is 0 Å². The van der Waals surface area contributed by atoms with Crippen LogP contribution in [0.5, 0.6) is 0 Å². The topological polar surface area (TPSA) is 66.5 Å². The lowest BCUT2D eigenvalue weighted by Crippen LogP contribution is -2.32. The third-order valence-electron chi connectivity index (χ3n) is 4.57. The number of carbonyl (C=O) groups excluding carboxylic acids is 1. The Morgan fingerprint density at radius 3 is 2.30 bits per heavy atom. The molecule has 0 saturated carbocycles. The van der Waals surface area contributed by atoms with Crippen LogP contribution in [0.3, 0.4) is 0 Å². The quantitative estimate of drug-likeness (QED) is 0.785. The van der Waals surface area contributed by atoms with Gasteiger partial charge in [-0.1, -0.05) is 31.2 Å². The number of aryl methyl sites for hydroxylation is 2. The third-order valence-corrected chi connectivity index (χ3v) is 5.69. The largest absolute Gasteiger partial charge is 0.350 e. The molecule has 0 bridgehead atoms. The van der Waals surface area contributed by atoms with E-state index in [0.717, 1.165) is 23.1 Å². The first-order valence-corrected chi connectivity index (χ1v) is 10.9. The van der Waals surface area contributed by atoms with Gasteiger partial charge in [0.05, 0.1) is 18.5 Å². The fourth-order valence-electron chi connectivity index (χ4n) is 2.71. The average molecular weight is 389 g/mol. The Kier molecular flexibility index (Phi) is 6.65. The molecule has 0 spiro atoms. The summed E-state index contributed by atoms with van der Waals surface area (Å²) in [5.74, 6) is -0.120. The molecule has 5 nitrogen and oxygen atoms in total. The van der Waals surface area contributed by atoms with E-state index < -0.39 is 10.0 Å². The molecule has 2 aromatic rings. The fraction of sp³-hybridized carbons (Fsp3) is 0.381. The number of carbonyl (C=O) groups is 1. The van der Waals surface area contributed by atoms with E-state index in [1.165, 1.54) is 10.6 Å². The molecular weight excluding hydrogens is 360 g/mol. The lowest BCUT2D eigenvalue weighted by atomic mass is 10.1. The Labute approximate surface area is 162 Å². The average Bonchev–Trinajstić information content (AvgIpc) is 2.61. The highest BCUT2D eigenvalue weighted by Crippen LogP contribution is 2.26. The minimum atomic E-state index is -3.45.